The molecule has 1 aliphatic rings. The molecule has 1 fully saturated rings. The van der Waals surface area contributed by atoms with Crippen molar-refractivity contribution in [3.05, 3.63) is 0 Å². The molecule has 0 unspecified atom stereocenters. The molecule has 0 aromatic heterocycles. The van der Waals surface area contributed by atoms with E-state index in [0.29, 0.717) is 5.92 Å². The maximum Gasteiger partial charge on any atom is 0.159 e. The Balaban J connectivity index is 2.33. The zero-order valence-corrected chi connectivity index (χ0v) is 12.4. The summed E-state index contributed by atoms with van der Waals surface area (Å²) >= 11 is 4.24. The van der Waals surface area contributed by atoms with Crippen LogP contribution in [0, 0.1) is 11.8 Å². The lowest BCUT2D eigenvalue weighted by molar-refractivity contribution is -0.136. The van der Waals surface area contributed by atoms with Crippen molar-refractivity contribution in [1.29, 1.82) is 0 Å². The van der Waals surface area contributed by atoms with Crippen molar-refractivity contribution in [1.82, 2.24) is 0 Å². The molecular weight excluding hydrogens is 240 g/mol. The third-order valence-corrected chi connectivity index (χ3v) is 6.44. The maximum atomic E-state index is 5.31. The molecule has 1 rings (SSSR count). The first-order chi connectivity index (χ1) is 7.69. The van der Waals surface area contributed by atoms with E-state index in [9.17, 15) is 0 Å². The highest BCUT2D eigenvalue weighted by atomic mass is 32.2. The molecule has 2 atom stereocenters. The van der Waals surface area contributed by atoms with Crippen molar-refractivity contribution >= 4 is 23.5 Å². The number of ether oxygens (including phenoxy) is 2. The summed E-state index contributed by atoms with van der Waals surface area (Å²) in [6.45, 7) is 4.57. The summed E-state index contributed by atoms with van der Waals surface area (Å²) in [5.74, 6) is 3.86. The smallest absolute Gasteiger partial charge is 0.159 e. The lowest BCUT2D eigenvalue weighted by atomic mass is 9.98. The summed E-state index contributed by atoms with van der Waals surface area (Å²) in [4.78, 5) is 0. The molecule has 0 aliphatic carbocycles. The predicted molar refractivity (Wildman–Crippen MR) is 74.1 cm³/mol. The molecule has 96 valence electrons. The Morgan fingerprint density at radius 2 is 1.69 bits per heavy atom. The van der Waals surface area contributed by atoms with Gasteiger partial charge in [0.1, 0.15) is 0 Å². The molecule has 16 heavy (non-hydrogen) atoms. The molecule has 1 saturated heterocycles. The Kier molecular flexibility index (Phi) is 7.20. The van der Waals surface area contributed by atoms with Gasteiger partial charge in [-0.1, -0.05) is 13.8 Å². The van der Waals surface area contributed by atoms with E-state index in [0.717, 1.165) is 10.5 Å². The summed E-state index contributed by atoms with van der Waals surface area (Å²) in [6.07, 6.45) is 2.49. The predicted octanol–water partition coefficient (Wildman–Crippen LogP) is 3.46. The van der Waals surface area contributed by atoms with Crippen molar-refractivity contribution in [2.45, 2.75) is 37.6 Å². The average Bonchev–Trinajstić information content (AvgIpc) is 2.31. The van der Waals surface area contributed by atoms with Gasteiger partial charge in [0, 0.05) is 20.1 Å². The Morgan fingerprint density at radius 3 is 2.19 bits per heavy atom. The van der Waals surface area contributed by atoms with Crippen LogP contribution in [0.2, 0.25) is 0 Å². The van der Waals surface area contributed by atoms with Crippen LogP contribution in [0.3, 0.4) is 0 Å². The van der Waals surface area contributed by atoms with Crippen LogP contribution in [0.5, 0.6) is 0 Å². The Hall–Kier alpha value is 0.620. The maximum absolute atomic E-state index is 5.31. The average molecular weight is 264 g/mol. The molecular formula is C12H24O2S2. The van der Waals surface area contributed by atoms with Crippen molar-refractivity contribution < 1.29 is 9.47 Å². The minimum Gasteiger partial charge on any atom is -0.356 e. The number of rotatable bonds is 6. The summed E-state index contributed by atoms with van der Waals surface area (Å²) < 4.78 is 11.4. The van der Waals surface area contributed by atoms with Crippen molar-refractivity contribution in [3.8, 4) is 0 Å². The van der Waals surface area contributed by atoms with Crippen LogP contribution < -0.4 is 0 Å². The second-order valence-electron chi connectivity index (χ2n) is 4.49. The second-order valence-corrected chi connectivity index (χ2v) is 7.29. The number of hydrogen-bond donors (Lipinski definition) is 0. The number of hydrogen-bond acceptors (Lipinski definition) is 4. The number of thioether (sulfide) groups is 2. The van der Waals surface area contributed by atoms with Gasteiger partial charge in [0.05, 0.1) is 4.58 Å². The SMILES string of the molecule is COC(OC)[C@@H](C)C[C@@H](C)C1SCCCS1. The van der Waals surface area contributed by atoms with E-state index in [2.05, 4.69) is 37.4 Å². The molecule has 0 bridgehead atoms. The van der Waals surface area contributed by atoms with E-state index >= 15 is 0 Å². The summed E-state index contributed by atoms with van der Waals surface area (Å²) in [5, 5.41) is 0. The van der Waals surface area contributed by atoms with Gasteiger partial charge in [0.2, 0.25) is 0 Å². The van der Waals surface area contributed by atoms with Crippen molar-refractivity contribution in [2.24, 2.45) is 11.8 Å². The van der Waals surface area contributed by atoms with E-state index in [1.165, 1.54) is 24.3 Å². The molecule has 0 N–H and O–H groups in total. The Labute approximate surface area is 108 Å². The third kappa shape index (κ3) is 4.47. The van der Waals surface area contributed by atoms with Gasteiger partial charge in [-0.25, -0.2) is 0 Å². The zero-order chi connectivity index (χ0) is 12.0. The highest BCUT2D eigenvalue weighted by Crippen LogP contribution is 2.38. The van der Waals surface area contributed by atoms with Crippen molar-refractivity contribution in [3.63, 3.8) is 0 Å². The highest BCUT2D eigenvalue weighted by Gasteiger charge is 2.25. The number of methoxy groups -OCH3 is 2. The van der Waals surface area contributed by atoms with E-state index in [-0.39, 0.29) is 6.29 Å². The van der Waals surface area contributed by atoms with Gasteiger partial charge >= 0.3 is 0 Å². The Morgan fingerprint density at radius 1 is 1.12 bits per heavy atom. The monoisotopic (exact) mass is 264 g/mol. The molecule has 0 radical (unpaired) electrons. The zero-order valence-electron chi connectivity index (χ0n) is 10.8. The fraction of sp³-hybridized carbons (Fsp3) is 1.00. The first-order valence-corrected chi connectivity index (χ1v) is 8.07. The molecule has 0 aromatic carbocycles. The molecule has 0 spiro atoms. The molecule has 0 amide bonds. The van der Waals surface area contributed by atoms with Gasteiger partial charge in [-0.05, 0) is 30.3 Å². The molecule has 1 aliphatic heterocycles. The normalized spacial score (nSPS) is 22.3. The van der Waals surface area contributed by atoms with E-state index in [4.69, 9.17) is 9.47 Å². The van der Waals surface area contributed by atoms with E-state index < -0.39 is 0 Å². The standard InChI is InChI=1S/C12H24O2S2/c1-9(11(13-3)14-4)8-10(2)12-15-6-5-7-16-12/h9-12H,5-8H2,1-4H3/t9-,10+/m0/s1. The third-order valence-electron chi connectivity index (χ3n) is 2.99. The van der Waals surface area contributed by atoms with Crippen LogP contribution in [0.1, 0.15) is 26.7 Å². The first kappa shape index (κ1) is 14.7. The lowest BCUT2D eigenvalue weighted by Crippen LogP contribution is -2.27. The van der Waals surface area contributed by atoms with Crippen LogP contribution >= 0.6 is 23.5 Å². The van der Waals surface area contributed by atoms with Gasteiger partial charge in [-0.2, -0.15) is 0 Å². The van der Waals surface area contributed by atoms with Crippen LogP contribution in [0.4, 0.5) is 0 Å². The highest BCUT2D eigenvalue weighted by molar-refractivity contribution is 8.17. The topological polar surface area (TPSA) is 18.5 Å². The van der Waals surface area contributed by atoms with Crippen molar-refractivity contribution in [2.75, 3.05) is 25.7 Å². The summed E-state index contributed by atoms with van der Waals surface area (Å²) in [5.41, 5.74) is 0. The van der Waals surface area contributed by atoms with Crippen LogP contribution in [0.15, 0.2) is 0 Å². The summed E-state index contributed by atoms with van der Waals surface area (Å²) in [7, 11) is 3.44. The van der Waals surface area contributed by atoms with Crippen LogP contribution in [-0.4, -0.2) is 36.6 Å². The van der Waals surface area contributed by atoms with Gasteiger partial charge in [-0.3, -0.25) is 0 Å². The van der Waals surface area contributed by atoms with Gasteiger partial charge < -0.3 is 9.47 Å². The van der Waals surface area contributed by atoms with Gasteiger partial charge in [0.15, 0.2) is 6.29 Å². The van der Waals surface area contributed by atoms with Gasteiger partial charge in [-0.15, -0.1) is 23.5 Å². The lowest BCUT2D eigenvalue weighted by Gasteiger charge is -2.30. The second kappa shape index (κ2) is 7.85. The first-order valence-electron chi connectivity index (χ1n) is 5.97. The van der Waals surface area contributed by atoms with E-state index in [1.807, 2.05) is 0 Å². The molecule has 0 saturated carbocycles. The minimum atomic E-state index is -0.0546. The fourth-order valence-corrected chi connectivity index (χ4v) is 5.31. The van der Waals surface area contributed by atoms with Crippen LogP contribution in [0.25, 0.3) is 0 Å². The molecule has 1 heterocycles. The largest absolute Gasteiger partial charge is 0.356 e. The molecule has 0 aromatic rings. The quantitative estimate of drug-likeness (QED) is 0.684. The fourth-order valence-electron chi connectivity index (χ4n) is 2.20. The Bertz CT molecular complexity index is 180. The van der Waals surface area contributed by atoms with E-state index in [1.54, 1.807) is 14.2 Å². The van der Waals surface area contributed by atoms with Crippen LogP contribution in [-0.2, 0) is 9.47 Å². The molecule has 4 heteroatoms. The van der Waals surface area contributed by atoms with Gasteiger partial charge in [0.25, 0.3) is 0 Å². The molecule has 2 nitrogen and oxygen atoms in total. The minimum absolute atomic E-state index is 0.0546. The summed E-state index contributed by atoms with van der Waals surface area (Å²) in [6, 6.07) is 0.